The van der Waals surface area contributed by atoms with Gasteiger partial charge in [0, 0.05) is 6.07 Å². The van der Waals surface area contributed by atoms with Gasteiger partial charge in [-0.1, -0.05) is 12.1 Å². The monoisotopic (exact) mass is 339 g/mol. The lowest BCUT2D eigenvalue weighted by atomic mass is 10.1. The highest BCUT2D eigenvalue weighted by atomic mass is 19.2. The molecule has 0 aliphatic heterocycles. The van der Waals surface area contributed by atoms with Gasteiger partial charge in [0.1, 0.15) is 24.0 Å². The van der Waals surface area contributed by atoms with Crippen molar-refractivity contribution >= 4 is 22.5 Å². The number of hydrogen-bond acceptors (Lipinski definition) is 5. The van der Waals surface area contributed by atoms with Crippen molar-refractivity contribution in [2.24, 2.45) is 0 Å². The maximum atomic E-state index is 14.3. The first-order valence-electron chi connectivity index (χ1n) is 7.00. The van der Waals surface area contributed by atoms with Gasteiger partial charge in [-0.3, -0.25) is 4.98 Å². The minimum absolute atomic E-state index is 0.0441. The second-order valence-corrected chi connectivity index (χ2v) is 4.95. The number of rotatable bonds is 3. The summed E-state index contributed by atoms with van der Waals surface area (Å²) in [5, 5.41) is 17.7. The third-order valence-electron chi connectivity index (χ3n) is 3.48. The zero-order valence-electron chi connectivity index (χ0n) is 12.5. The first-order valence-corrected chi connectivity index (χ1v) is 7.00. The molecule has 1 aromatic heterocycles. The van der Waals surface area contributed by atoms with E-state index in [-0.39, 0.29) is 5.82 Å². The molecule has 0 fully saturated rings. The Kier molecular flexibility index (Phi) is 4.19. The molecule has 122 valence electrons. The zero-order valence-corrected chi connectivity index (χ0v) is 12.5. The summed E-state index contributed by atoms with van der Waals surface area (Å²) in [6.45, 7) is -0.422. The fraction of sp³-hybridized carbons (Fsp3) is 0.0588. The molecule has 0 unspecified atom stereocenters. The normalized spacial score (nSPS) is 10.3. The van der Waals surface area contributed by atoms with Crippen molar-refractivity contribution in [1.82, 2.24) is 9.97 Å². The largest absolute Gasteiger partial charge is 0.308 e. The van der Waals surface area contributed by atoms with Crippen LogP contribution in [0.25, 0.3) is 11.0 Å². The average Bonchev–Trinajstić information content (AvgIpc) is 2.63. The summed E-state index contributed by atoms with van der Waals surface area (Å²) in [6.07, 6.45) is 1.27. The number of anilines is 2. The van der Waals surface area contributed by atoms with Crippen molar-refractivity contribution in [2.45, 2.75) is 0 Å². The quantitative estimate of drug-likeness (QED) is 0.538. The highest BCUT2D eigenvalue weighted by molar-refractivity contribution is 5.76. The highest BCUT2D eigenvalue weighted by Gasteiger charge is 2.24. The van der Waals surface area contributed by atoms with E-state index >= 15 is 0 Å². The van der Waals surface area contributed by atoms with E-state index in [4.69, 9.17) is 10.5 Å². The van der Waals surface area contributed by atoms with E-state index in [2.05, 4.69) is 9.97 Å². The molecule has 0 amide bonds. The average molecular weight is 339 g/mol. The Morgan fingerprint density at radius 3 is 2.44 bits per heavy atom. The van der Waals surface area contributed by atoms with Gasteiger partial charge in [-0.25, -0.2) is 18.2 Å². The van der Waals surface area contributed by atoms with Gasteiger partial charge >= 0.3 is 0 Å². The van der Waals surface area contributed by atoms with E-state index in [1.807, 2.05) is 0 Å². The molecular weight excluding hydrogens is 331 g/mol. The van der Waals surface area contributed by atoms with E-state index in [0.29, 0.717) is 17.1 Å². The Bertz CT molecular complexity index is 1050. The SMILES string of the molecule is N#CCN(c1cnc2ccccc2n1)c1cc(F)c(C#N)c(F)c1F. The van der Waals surface area contributed by atoms with Gasteiger partial charge in [0.05, 0.1) is 29.0 Å². The summed E-state index contributed by atoms with van der Waals surface area (Å²) in [4.78, 5) is 9.38. The van der Waals surface area contributed by atoms with Crippen molar-refractivity contribution in [3.05, 3.63) is 59.5 Å². The van der Waals surface area contributed by atoms with Crippen molar-refractivity contribution in [1.29, 1.82) is 10.5 Å². The number of benzene rings is 2. The number of halogens is 3. The second kappa shape index (κ2) is 6.46. The van der Waals surface area contributed by atoms with Crippen LogP contribution in [0.5, 0.6) is 0 Å². The molecule has 0 aliphatic rings. The molecule has 2 aromatic carbocycles. The number of aromatic nitrogens is 2. The topological polar surface area (TPSA) is 76.6 Å². The lowest BCUT2D eigenvalue weighted by molar-refractivity contribution is 0.491. The van der Waals surface area contributed by atoms with E-state index in [1.165, 1.54) is 12.3 Å². The van der Waals surface area contributed by atoms with Crippen molar-refractivity contribution < 1.29 is 13.2 Å². The van der Waals surface area contributed by atoms with Crippen LogP contribution in [0.4, 0.5) is 24.7 Å². The summed E-state index contributed by atoms with van der Waals surface area (Å²) >= 11 is 0. The summed E-state index contributed by atoms with van der Waals surface area (Å²) in [6, 6.07) is 10.6. The van der Waals surface area contributed by atoms with E-state index in [9.17, 15) is 13.2 Å². The summed E-state index contributed by atoms with van der Waals surface area (Å²) in [7, 11) is 0. The highest BCUT2D eigenvalue weighted by Crippen LogP contribution is 2.31. The lowest BCUT2D eigenvalue weighted by Crippen LogP contribution is -2.21. The molecular formula is C17H8F3N5. The number of nitriles is 2. The van der Waals surface area contributed by atoms with Gasteiger partial charge in [-0.05, 0) is 12.1 Å². The predicted molar refractivity (Wildman–Crippen MR) is 83.2 cm³/mol. The molecule has 25 heavy (non-hydrogen) atoms. The number of fused-ring (bicyclic) bond motifs is 1. The molecule has 0 spiro atoms. The Morgan fingerprint density at radius 2 is 1.76 bits per heavy atom. The van der Waals surface area contributed by atoms with Crippen LogP contribution in [0.2, 0.25) is 0 Å². The van der Waals surface area contributed by atoms with Crippen LogP contribution in [0.1, 0.15) is 5.56 Å². The Morgan fingerprint density at radius 1 is 1.04 bits per heavy atom. The smallest absolute Gasteiger partial charge is 0.184 e. The molecule has 0 saturated carbocycles. The molecule has 0 aliphatic carbocycles. The maximum absolute atomic E-state index is 14.3. The maximum Gasteiger partial charge on any atom is 0.184 e. The van der Waals surface area contributed by atoms with E-state index < -0.39 is 35.2 Å². The fourth-order valence-corrected chi connectivity index (χ4v) is 2.32. The minimum atomic E-state index is -1.62. The molecule has 5 nitrogen and oxygen atoms in total. The molecule has 0 bridgehead atoms. The summed E-state index contributed by atoms with van der Waals surface area (Å²) in [5.74, 6) is -4.24. The van der Waals surface area contributed by atoms with Crippen molar-refractivity contribution in [3.8, 4) is 12.1 Å². The predicted octanol–water partition coefficient (Wildman–Crippen LogP) is 3.58. The van der Waals surface area contributed by atoms with Gasteiger partial charge in [0.15, 0.2) is 17.5 Å². The van der Waals surface area contributed by atoms with Crippen LogP contribution < -0.4 is 4.90 Å². The Hall–Kier alpha value is -3.65. The van der Waals surface area contributed by atoms with Crippen LogP contribution >= 0.6 is 0 Å². The second-order valence-electron chi connectivity index (χ2n) is 4.95. The molecule has 0 N–H and O–H groups in total. The Balaban J connectivity index is 2.19. The first kappa shape index (κ1) is 16.2. The molecule has 0 radical (unpaired) electrons. The summed E-state index contributed by atoms with van der Waals surface area (Å²) in [5.41, 5.74) is -0.526. The van der Waals surface area contributed by atoms with Gasteiger partial charge < -0.3 is 4.90 Å². The molecule has 0 atom stereocenters. The lowest BCUT2D eigenvalue weighted by Gasteiger charge is -2.21. The molecule has 3 aromatic rings. The van der Waals surface area contributed by atoms with Crippen molar-refractivity contribution in [2.75, 3.05) is 11.4 Å². The van der Waals surface area contributed by atoms with Crippen molar-refractivity contribution in [3.63, 3.8) is 0 Å². The Labute approximate surface area is 140 Å². The van der Waals surface area contributed by atoms with Crippen LogP contribution in [0, 0.1) is 40.1 Å². The number of hydrogen-bond donors (Lipinski definition) is 0. The molecule has 8 heteroatoms. The summed E-state index contributed by atoms with van der Waals surface area (Å²) < 4.78 is 42.1. The fourth-order valence-electron chi connectivity index (χ4n) is 2.32. The van der Waals surface area contributed by atoms with E-state index in [1.54, 1.807) is 30.3 Å². The zero-order chi connectivity index (χ0) is 18.0. The van der Waals surface area contributed by atoms with Gasteiger partial charge in [0.2, 0.25) is 0 Å². The number of para-hydroxylation sites is 2. The third kappa shape index (κ3) is 2.81. The van der Waals surface area contributed by atoms with Gasteiger partial charge in [0.25, 0.3) is 0 Å². The first-order chi connectivity index (χ1) is 12.1. The molecule has 3 rings (SSSR count). The minimum Gasteiger partial charge on any atom is -0.308 e. The van der Waals surface area contributed by atoms with E-state index in [0.717, 1.165) is 4.90 Å². The van der Waals surface area contributed by atoms with Gasteiger partial charge in [-0.2, -0.15) is 10.5 Å². The number of nitrogens with zero attached hydrogens (tertiary/aromatic N) is 5. The molecule has 0 saturated heterocycles. The van der Waals surface area contributed by atoms with Crippen LogP contribution in [-0.2, 0) is 0 Å². The third-order valence-corrected chi connectivity index (χ3v) is 3.48. The van der Waals surface area contributed by atoms with Crippen LogP contribution in [0.15, 0.2) is 36.5 Å². The molecule has 1 heterocycles. The standard InChI is InChI=1S/C17H8F3N5/c18-11-7-14(17(20)16(19)10(11)8-22)25(6-5-21)15-9-23-12-3-1-2-4-13(12)24-15/h1-4,7,9H,6H2. The van der Waals surface area contributed by atoms with Crippen LogP contribution in [-0.4, -0.2) is 16.5 Å². The van der Waals surface area contributed by atoms with Gasteiger partial charge in [-0.15, -0.1) is 0 Å². The van der Waals surface area contributed by atoms with Crippen LogP contribution in [0.3, 0.4) is 0 Å².